The predicted octanol–water partition coefficient (Wildman–Crippen LogP) is 1.65. The van der Waals surface area contributed by atoms with Crippen molar-refractivity contribution in [3.63, 3.8) is 0 Å². The lowest BCUT2D eigenvalue weighted by Gasteiger charge is -2.17. The van der Waals surface area contributed by atoms with Gasteiger partial charge >= 0.3 is 0 Å². The van der Waals surface area contributed by atoms with Gasteiger partial charge in [-0.3, -0.25) is 20.4 Å². The van der Waals surface area contributed by atoms with E-state index < -0.39 is 5.91 Å². The molecule has 0 radical (unpaired) electrons. The van der Waals surface area contributed by atoms with Gasteiger partial charge in [-0.15, -0.1) is 0 Å². The van der Waals surface area contributed by atoms with E-state index >= 15 is 0 Å². The second kappa shape index (κ2) is 8.41. The molecule has 0 aliphatic carbocycles. The Labute approximate surface area is 161 Å². The molecule has 0 aliphatic rings. The van der Waals surface area contributed by atoms with Gasteiger partial charge in [-0.1, -0.05) is 48.5 Å². The molecule has 3 aromatic rings. The number of nitrogens with one attached hydrogen (secondary N) is 3. The van der Waals surface area contributed by atoms with Crippen molar-refractivity contribution in [2.75, 3.05) is 0 Å². The molecule has 1 unspecified atom stereocenters. The van der Waals surface area contributed by atoms with Crippen LogP contribution in [0.3, 0.4) is 0 Å². The Morgan fingerprint density at radius 2 is 1.81 bits per heavy atom. The first kappa shape index (κ1) is 18.5. The van der Waals surface area contributed by atoms with Gasteiger partial charge in [0, 0.05) is 5.39 Å². The van der Waals surface area contributed by atoms with Crippen molar-refractivity contribution in [2.45, 2.75) is 19.5 Å². The van der Waals surface area contributed by atoms with E-state index in [1.165, 1.54) is 0 Å². The maximum Gasteiger partial charge on any atom is 0.275 e. The van der Waals surface area contributed by atoms with Crippen molar-refractivity contribution in [1.29, 1.82) is 0 Å². The van der Waals surface area contributed by atoms with E-state index in [1.54, 1.807) is 24.4 Å². The number of nitrogens with zero attached hydrogens (tertiary/aromatic N) is 2. The van der Waals surface area contributed by atoms with Crippen LogP contribution in [0.2, 0.25) is 0 Å². The summed E-state index contributed by atoms with van der Waals surface area (Å²) in [6.45, 7) is 1.75. The number of hydrogen-bond acceptors (Lipinski definition) is 4. The fourth-order valence-corrected chi connectivity index (χ4v) is 2.83. The number of thiocarbonyl (C=S) groups is 1. The predicted molar refractivity (Wildman–Crippen MR) is 108 cm³/mol. The lowest BCUT2D eigenvalue weighted by molar-refractivity contribution is -0.122. The van der Waals surface area contributed by atoms with Gasteiger partial charge in [0.05, 0.1) is 17.6 Å². The minimum absolute atomic E-state index is 0.0205. The van der Waals surface area contributed by atoms with Crippen LogP contribution in [0.5, 0.6) is 0 Å². The molecule has 138 valence electrons. The molecule has 0 saturated heterocycles. The van der Waals surface area contributed by atoms with Crippen LogP contribution in [0.4, 0.5) is 0 Å². The second-order valence-electron chi connectivity index (χ2n) is 5.97. The van der Waals surface area contributed by atoms with Crippen molar-refractivity contribution in [3.8, 4) is 0 Å². The number of carbonyl (C=O) groups is 1. The Bertz CT molecular complexity index is 1020. The summed E-state index contributed by atoms with van der Waals surface area (Å²) in [5, 5.41) is 8.63. The largest absolute Gasteiger partial charge is 0.355 e. The maximum absolute atomic E-state index is 12.4. The highest BCUT2D eigenvalue weighted by Crippen LogP contribution is 2.10. The first-order valence-corrected chi connectivity index (χ1v) is 8.80. The summed E-state index contributed by atoms with van der Waals surface area (Å²) >= 11 is 5.18. The molecule has 2 aromatic carbocycles. The van der Waals surface area contributed by atoms with E-state index in [0.717, 1.165) is 15.6 Å². The smallest absolute Gasteiger partial charge is 0.275 e. The van der Waals surface area contributed by atoms with Crippen LogP contribution < -0.4 is 21.7 Å². The summed E-state index contributed by atoms with van der Waals surface area (Å²) in [5.74, 6) is -0.434. The average Bonchev–Trinajstić information content (AvgIpc) is 2.69. The molecule has 1 amide bonds. The van der Waals surface area contributed by atoms with Crippen molar-refractivity contribution in [2.24, 2.45) is 0 Å². The van der Waals surface area contributed by atoms with Crippen LogP contribution in [0, 0.1) is 0 Å². The third kappa shape index (κ3) is 4.68. The number of hydrazine groups is 1. The molecule has 3 N–H and O–H groups in total. The first-order chi connectivity index (χ1) is 13.0. The zero-order chi connectivity index (χ0) is 19.2. The Balaban J connectivity index is 1.55. The summed E-state index contributed by atoms with van der Waals surface area (Å²) < 4.78 is 1.11. The van der Waals surface area contributed by atoms with Crippen LogP contribution in [-0.2, 0) is 11.3 Å². The average molecular weight is 381 g/mol. The van der Waals surface area contributed by atoms with Gasteiger partial charge in [0.25, 0.3) is 11.5 Å². The molecule has 0 fully saturated rings. The van der Waals surface area contributed by atoms with Crippen LogP contribution in [0.15, 0.2) is 65.6 Å². The number of carbonyl (C=O) groups excluding carboxylic acids is 1. The minimum Gasteiger partial charge on any atom is -0.355 e. The number of aromatic nitrogens is 2. The van der Waals surface area contributed by atoms with Crippen molar-refractivity contribution >= 4 is 34.0 Å². The molecule has 0 saturated carbocycles. The lowest BCUT2D eigenvalue weighted by atomic mass is 10.1. The standard InChI is InChI=1S/C19H19N5O2S/c1-13(14-7-3-2-4-8-14)21-19(27)23-22-17(25)12-24-18(26)16-10-6-5-9-15(16)11-20-24/h2-11,13H,12H2,1H3,(H,22,25)(H2,21,23,27). The number of benzene rings is 2. The van der Waals surface area contributed by atoms with Gasteiger partial charge in [0.1, 0.15) is 6.54 Å². The van der Waals surface area contributed by atoms with Gasteiger partial charge in [0.2, 0.25) is 0 Å². The lowest BCUT2D eigenvalue weighted by Crippen LogP contribution is -2.48. The fraction of sp³-hybridized carbons (Fsp3) is 0.158. The van der Waals surface area contributed by atoms with E-state index in [-0.39, 0.29) is 23.3 Å². The molecule has 1 atom stereocenters. The van der Waals surface area contributed by atoms with Gasteiger partial charge in [-0.25, -0.2) is 4.68 Å². The van der Waals surface area contributed by atoms with Gasteiger partial charge in [-0.2, -0.15) is 5.10 Å². The van der Waals surface area contributed by atoms with Crippen molar-refractivity contribution in [3.05, 3.63) is 76.7 Å². The molecule has 1 heterocycles. The molecule has 3 rings (SSSR count). The summed E-state index contributed by atoms with van der Waals surface area (Å²) in [7, 11) is 0. The molecule has 0 bridgehead atoms. The quantitative estimate of drug-likeness (QED) is 0.471. The van der Waals surface area contributed by atoms with Gasteiger partial charge in [0.15, 0.2) is 5.11 Å². The highest BCUT2D eigenvalue weighted by atomic mass is 32.1. The molecule has 27 heavy (non-hydrogen) atoms. The maximum atomic E-state index is 12.4. The fourth-order valence-electron chi connectivity index (χ4n) is 2.60. The summed E-state index contributed by atoms with van der Waals surface area (Å²) in [6, 6.07) is 16.9. The minimum atomic E-state index is -0.434. The summed E-state index contributed by atoms with van der Waals surface area (Å²) in [4.78, 5) is 24.5. The van der Waals surface area contributed by atoms with Crippen LogP contribution in [0.25, 0.3) is 10.8 Å². The van der Waals surface area contributed by atoms with Crippen LogP contribution in [0.1, 0.15) is 18.5 Å². The van der Waals surface area contributed by atoms with Gasteiger partial charge < -0.3 is 5.32 Å². The third-order valence-electron chi connectivity index (χ3n) is 4.02. The third-order valence-corrected chi connectivity index (χ3v) is 4.24. The van der Waals surface area contributed by atoms with Crippen molar-refractivity contribution in [1.82, 2.24) is 25.9 Å². The summed E-state index contributed by atoms with van der Waals surface area (Å²) in [6.07, 6.45) is 1.56. The monoisotopic (exact) mass is 381 g/mol. The molecule has 1 aromatic heterocycles. The van der Waals surface area contributed by atoms with E-state index in [4.69, 9.17) is 12.2 Å². The van der Waals surface area contributed by atoms with Crippen LogP contribution >= 0.6 is 12.2 Å². The SMILES string of the molecule is CC(NC(=S)NNC(=O)Cn1ncc2ccccc2c1=O)c1ccccc1. The zero-order valence-corrected chi connectivity index (χ0v) is 15.5. The van der Waals surface area contributed by atoms with E-state index in [1.807, 2.05) is 43.3 Å². The Morgan fingerprint density at radius 1 is 1.11 bits per heavy atom. The van der Waals surface area contributed by atoms with Crippen molar-refractivity contribution < 1.29 is 4.79 Å². The molecule has 8 heteroatoms. The van der Waals surface area contributed by atoms with E-state index in [0.29, 0.717) is 5.39 Å². The first-order valence-electron chi connectivity index (χ1n) is 8.40. The molecular weight excluding hydrogens is 362 g/mol. The highest BCUT2D eigenvalue weighted by Gasteiger charge is 2.10. The molecule has 0 spiro atoms. The number of rotatable bonds is 4. The van der Waals surface area contributed by atoms with E-state index in [9.17, 15) is 9.59 Å². The topological polar surface area (TPSA) is 88.0 Å². The zero-order valence-electron chi connectivity index (χ0n) is 14.7. The molecule has 7 nitrogen and oxygen atoms in total. The van der Waals surface area contributed by atoms with E-state index in [2.05, 4.69) is 21.3 Å². The molecule has 0 aliphatic heterocycles. The highest BCUT2D eigenvalue weighted by molar-refractivity contribution is 7.80. The number of amides is 1. The Hall–Kier alpha value is -3.26. The Morgan fingerprint density at radius 3 is 2.59 bits per heavy atom. The summed E-state index contributed by atoms with van der Waals surface area (Å²) in [5.41, 5.74) is 5.86. The van der Waals surface area contributed by atoms with Gasteiger partial charge in [-0.05, 0) is 30.8 Å². The molecular formula is C19H19N5O2S. The number of hydrogen-bond donors (Lipinski definition) is 3. The Kier molecular flexibility index (Phi) is 5.77. The normalized spacial score (nSPS) is 11.6. The van der Waals surface area contributed by atoms with Crippen LogP contribution in [-0.4, -0.2) is 20.8 Å². The number of fused-ring (bicyclic) bond motifs is 1. The second-order valence-corrected chi connectivity index (χ2v) is 6.38.